The number of carbonyl (C=O) groups is 1. The second-order valence-corrected chi connectivity index (χ2v) is 4.71. The lowest BCUT2D eigenvalue weighted by molar-refractivity contribution is -0.0512. The fraction of sp³-hybridized carbons (Fsp3) is 0.235. The standard InChI is InChI=1S/C17H17F2NO3/c1-3-11-6-4-5-7-13(11)20-16(21)12-8-9-14(23-17(18)19)15(10-12)22-2/h4-10,17H,3H2,1-2H3,(H,20,21). The second-order valence-electron chi connectivity index (χ2n) is 4.71. The van der Waals surface area contributed by atoms with Crippen LogP contribution in [0.1, 0.15) is 22.8 Å². The van der Waals surface area contributed by atoms with Crippen LogP contribution in [0.25, 0.3) is 0 Å². The molecule has 0 bridgehead atoms. The van der Waals surface area contributed by atoms with Gasteiger partial charge in [-0.25, -0.2) is 0 Å². The molecule has 0 saturated heterocycles. The zero-order valence-electron chi connectivity index (χ0n) is 12.8. The van der Waals surface area contributed by atoms with Gasteiger partial charge in [-0.05, 0) is 36.2 Å². The fourth-order valence-corrected chi connectivity index (χ4v) is 2.15. The van der Waals surface area contributed by atoms with Crippen molar-refractivity contribution in [2.24, 2.45) is 0 Å². The van der Waals surface area contributed by atoms with Crippen LogP contribution in [-0.2, 0) is 6.42 Å². The Labute approximate surface area is 133 Å². The Balaban J connectivity index is 2.22. The number of ether oxygens (including phenoxy) is 2. The predicted octanol–water partition coefficient (Wildman–Crippen LogP) is 4.11. The van der Waals surface area contributed by atoms with Crippen LogP contribution in [0.5, 0.6) is 11.5 Å². The molecule has 122 valence electrons. The lowest BCUT2D eigenvalue weighted by Crippen LogP contribution is -2.13. The first-order chi connectivity index (χ1) is 11.0. The van der Waals surface area contributed by atoms with Crippen molar-refractivity contribution < 1.29 is 23.0 Å². The molecule has 0 aromatic heterocycles. The number of para-hydroxylation sites is 1. The van der Waals surface area contributed by atoms with E-state index in [0.717, 1.165) is 12.0 Å². The van der Waals surface area contributed by atoms with E-state index in [0.29, 0.717) is 5.69 Å². The number of amides is 1. The Morgan fingerprint density at radius 1 is 1.17 bits per heavy atom. The van der Waals surface area contributed by atoms with Crippen LogP contribution in [0, 0.1) is 0 Å². The third-order valence-electron chi connectivity index (χ3n) is 3.29. The van der Waals surface area contributed by atoms with Gasteiger partial charge in [0.25, 0.3) is 5.91 Å². The van der Waals surface area contributed by atoms with E-state index in [1.807, 2.05) is 31.2 Å². The van der Waals surface area contributed by atoms with Gasteiger partial charge in [-0.15, -0.1) is 0 Å². The Morgan fingerprint density at radius 2 is 1.91 bits per heavy atom. The molecule has 0 heterocycles. The highest BCUT2D eigenvalue weighted by Crippen LogP contribution is 2.30. The zero-order valence-corrected chi connectivity index (χ0v) is 12.8. The molecule has 1 amide bonds. The van der Waals surface area contributed by atoms with Crippen molar-refractivity contribution in [2.75, 3.05) is 12.4 Å². The van der Waals surface area contributed by atoms with Gasteiger partial charge in [0.15, 0.2) is 11.5 Å². The molecule has 0 aliphatic heterocycles. The number of methoxy groups -OCH3 is 1. The van der Waals surface area contributed by atoms with Gasteiger partial charge >= 0.3 is 6.61 Å². The largest absolute Gasteiger partial charge is 0.493 e. The monoisotopic (exact) mass is 321 g/mol. The SMILES string of the molecule is CCc1ccccc1NC(=O)c1ccc(OC(F)F)c(OC)c1. The van der Waals surface area contributed by atoms with E-state index >= 15 is 0 Å². The van der Waals surface area contributed by atoms with Crippen LogP contribution >= 0.6 is 0 Å². The van der Waals surface area contributed by atoms with Crippen LogP contribution in [0.15, 0.2) is 42.5 Å². The van der Waals surface area contributed by atoms with E-state index in [1.165, 1.54) is 25.3 Å². The number of nitrogens with one attached hydrogen (secondary N) is 1. The molecule has 0 unspecified atom stereocenters. The highest BCUT2D eigenvalue weighted by Gasteiger charge is 2.15. The number of anilines is 1. The maximum atomic E-state index is 12.3. The minimum absolute atomic E-state index is 0.0710. The first-order valence-corrected chi connectivity index (χ1v) is 7.07. The smallest absolute Gasteiger partial charge is 0.387 e. The van der Waals surface area contributed by atoms with E-state index in [-0.39, 0.29) is 23.0 Å². The predicted molar refractivity (Wildman–Crippen MR) is 83.4 cm³/mol. The van der Waals surface area contributed by atoms with Crippen molar-refractivity contribution >= 4 is 11.6 Å². The molecule has 0 aliphatic rings. The van der Waals surface area contributed by atoms with Gasteiger partial charge in [-0.1, -0.05) is 25.1 Å². The highest BCUT2D eigenvalue weighted by atomic mass is 19.3. The van der Waals surface area contributed by atoms with E-state index in [1.54, 1.807) is 0 Å². The lowest BCUT2D eigenvalue weighted by Gasteiger charge is -2.13. The minimum atomic E-state index is -2.96. The fourth-order valence-electron chi connectivity index (χ4n) is 2.15. The van der Waals surface area contributed by atoms with Crippen molar-refractivity contribution in [2.45, 2.75) is 20.0 Å². The van der Waals surface area contributed by atoms with Crippen molar-refractivity contribution in [3.63, 3.8) is 0 Å². The zero-order chi connectivity index (χ0) is 16.8. The Bertz CT molecular complexity index is 689. The van der Waals surface area contributed by atoms with Crippen LogP contribution in [0.4, 0.5) is 14.5 Å². The molecule has 2 rings (SSSR count). The van der Waals surface area contributed by atoms with Gasteiger partial charge in [-0.2, -0.15) is 8.78 Å². The number of benzene rings is 2. The summed E-state index contributed by atoms with van der Waals surface area (Å²) >= 11 is 0. The minimum Gasteiger partial charge on any atom is -0.493 e. The summed E-state index contributed by atoms with van der Waals surface area (Å²) < 4.78 is 33.9. The molecule has 2 aromatic rings. The molecular weight excluding hydrogens is 304 g/mol. The number of hydrogen-bond donors (Lipinski definition) is 1. The van der Waals surface area contributed by atoms with Gasteiger partial charge < -0.3 is 14.8 Å². The summed E-state index contributed by atoms with van der Waals surface area (Å²) in [6.45, 7) is -0.968. The van der Waals surface area contributed by atoms with Gasteiger partial charge in [0.1, 0.15) is 0 Å². The summed E-state index contributed by atoms with van der Waals surface area (Å²) in [5.74, 6) is -0.400. The summed E-state index contributed by atoms with van der Waals surface area (Å²) in [5.41, 5.74) is 2.01. The van der Waals surface area contributed by atoms with E-state index in [2.05, 4.69) is 10.1 Å². The topological polar surface area (TPSA) is 47.6 Å². The van der Waals surface area contributed by atoms with Crippen molar-refractivity contribution in [3.05, 3.63) is 53.6 Å². The summed E-state index contributed by atoms with van der Waals surface area (Å²) in [7, 11) is 1.32. The highest BCUT2D eigenvalue weighted by molar-refractivity contribution is 6.05. The Kier molecular flexibility index (Phi) is 5.51. The quantitative estimate of drug-likeness (QED) is 0.871. The number of alkyl halides is 2. The molecule has 1 N–H and O–H groups in total. The van der Waals surface area contributed by atoms with Gasteiger partial charge in [0.2, 0.25) is 0 Å². The molecule has 2 aromatic carbocycles. The van der Waals surface area contributed by atoms with Gasteiger partial charge in [0, 0.05) is 11.3 Å². The van der Waals surface area contributed by atoms with Crippen LogP contribution in [-0.4, -0.2) is 19.6 Å². The van der Waals surface area contributed by atoms with Crippen molar-refractivity contribution in [3.8, 4) is 11.5 Å². The summed E-state index contributed by atoms with van der Waals surface area (Å²) in [6.07, 6.45) is 0.779. The molecule has 4 nitrogen and oxygen atoms in total. The van der Waals surface area contributed by atoms with E-state index in [9.17, 15) is 13.6 Å². The van der Waals surface area contributed by atoms with Crippen LogP contribution in [0.3, 0.4) is 0 Å². The first kappa shape index (κ1) is 16.7. The molecule has 0 radical (unpaired) electrons. The molecule has 0 aliphatic carbocycles. The first-order valence-electron chi connectivity index (χ1n) is 7.07. The number of halogens is 2. The van der Waals surface area contributed by atoms with E-state index < -0.39 is 6.61 Å². The van der Waals surface area contributed by atoms with Gasteiger partial charge in [-0.3, -0.25) is 4.79 Å². The van der Waals surface area contributed by atoms with Crippen LogP contribution < -0.4 is 14.8 Å². The number of rotatable bonds is 6. The normalized spacial score (nSPS) is 10.5. The maximum absolute atomic E-state index is 12.3. The lowest BCUT2D eigenvalue weighted by atomic mass is 10.1. The van der Waals surface area contributed by atoms with E-state index in [4.69, 9.17) is 4.74 Å². The molecule has 6 heteroatoms. The van der Waals surface area contributed by atoms with Crippen molar-refractivity contribution in [1.29, 1.82) is 0 Å². The number of carbonyl (C=O) groups excluding carboxylic acids is 1. The van der Waals surface area contributed by atoms with Crippen molar-refractivity contribution in [1.82, 2.24) is 0 Å². The average molecular weight is 321 g/mol. The summed E-state index contributed by atoms with van der Waals surface area (Å²) in [4.78, 5) is 12.3. The number of hydrogen-bond acceptors (Lipinski definition) is 3. The Hall–Kier alpha value is -2.63. The third-order valence-corrected chi connectivity index (χ3v) is 3.29. The van der Waals surface area contributed by atoms with Gasteiger partial charge in [0.05, 0.1) is 7.11 Å². The molecular formula is C17H17F2NO3. The second kappa shape index (κ2) is 7.58. The Morgan fingerprint density at radius 3 is 2.57 bits per heavy atom. The number of aryl methyl sites for hydroxylation is 1. The molecule has 0 fully saturated rings. The van der Waals surface area contributed by atoms with Crippen LogP contribution in [0.2, 0.25) is 0 Å². The third kappa shape index (κ3) is 4.18. The molecule has 23 heavy (non-hydrogen) atoms. The molecule has 0 atom stereocenters. The average Bonchev–Trinajstić information content (AvgIpc) is 2.55. The molecule has 0 saturated carbocycles. The summed E-state index contributed by atoms with van der Waals surface area (Å²) in [5, 5.41) is 2.81. The maximum Gasteiger partial charge on any atom is 0.387 e. The summed E-state index contributed by atoms with van der Waals surface area (Å²) in [6, 6.07) is 11.5. The molecule has 0 spiro atoms.